The molecule has 2 N–H and O–H groups in total. The number of nitrogens with zero attached hydrogens (tertiary/aromatic N) is 1. The SMILES string of the molecule is O=C(O)c1cc(CC(F)(F)CF)[nH]n1. The van der Waals surface area contributed by atoms with Crippen molar-refractivity contribution >= 4 is 5.97 Å². The molecule has 0 bridgehead atoms. The van der Waals surface area contributed by atoms with E-state index in [4.69, 9.17) is 5.11 Å². The molecular weight excluding hydrogens is 201 g/mol. The number of alkyl halides is 3. The zero-order valence-electron chi connectivity index (χ0n) is 6.93. The molecule has 0 saturated heterocycles. The van der Waals surface area contributed by atoms with Gasteiger partial charge in [0.15, 0.2) is 12.4 Å². The third-order valence-electron chi connectivity index (χ3n) is 1.49. The van der Waals surface area contributed by atoms with Crippen LogP contribution < -0.4 is 0 Å². The van der Waals surface area contributed by atoms with E-state index in [-0.39, 0.29) is 11.4 Å². The van der Waals surface area contributed by atoms with Gasteiger partial charge in [0.05, 0.1) is 6.42 Å². The van der Waals surface area contributed by atoms with Crippen LogP contribution in [0.25, 0.3) is 0 Å². The molecule has 78 valence electrons. The van der Waals surface area contributed by atoms with Gasteiger partial charge in [-0.25, -0.2) is 18.0 Å². The number of halogens is 3. The van der Waals surface area contributed by atoms with Crippen LogP contribution in [0.15, 0.2) is 6.07 Å². The molecule has 0 fully saturated rings. The second-order valence-corrected chi connectivity index (χ2v) is 2.75. The minimum Gasteiger partial charge on any atom is -0.476 e. The van der Waals surface area contributed by atoms with Crippen molar-refractivity contribution in [3.63, 3.8) is 0 Å². The van der Waals surface area contributed by atoms with Crippen LogP contribution in [0.5, 0.6) is 0 Å². The van der Waals surface area contributed by atoms with E-state index in [1.54, 1.807) is 0 Å². The average Bonchev–Trinajstić information content (AvgIpc) is 2.52. The molecular formula is C7H7F3N2O2. The standard InChI is InChI=1S/C7H7F3N2O2/c8-3-7(9,10)2-4-1-5(6(13)14)12-11-4/h1H,2-3H2,(H,11,12)(H,13,14). The lowest BCUT2D eigenvalue weighted by molar-refractivity contribution is -0.0224. The van der Waals surface area contributed by atoms with Crippen molar-refractivity contribution in [1.82, 2.24) is 10.2 Å². The summed E-state index contributed by atoms with van der Waals surface area (Å²) in [4.78, 5) is 10.3. The smallest absolute Gasteiger partial charge is 0.356 e. The van der Waals surface area contributed by atoms with Crippen LogP contribution in [0.1, 0.15) is 16.2 Å². The van der Waals surface area contributed by atoms with Crippen LogP contribution in [0.3, 0.4) is 0 Å². The molecule has 4 nitrogen and oxygen atoms in total. The van der Waals surface area contributed by atoms with Gasteiger partial charge in [-0.15, -0.1) is 0 Å². The highest BCUT2D eigenvalue weighted by molar-refractivity contribution is 5.85. The Morgan fingerprint density at radius 3 is 2.71 bits per heavy atom. The van der Waals surface area contributed by atoms with Crippen molar-refractivity contribution in [2.24, 2.45) is 0 Å². The number of carboxylic acid groups (broad SMARTS) is 1. The minimum atomic E-state index is -3.48. The summed E-state index contributed by atoms with van der Waals surface area (Å²) in [7, 11) is 0. The Hall–Kier alpha value is -1.53. The molecule has 0 saturated carbocycles. The molecule has 1 heterocycles. The first-order valence-electron chi connectivity index (χ1n) is 3.66. The lowest BCUT2D eigenvalue weighted by Gasteiger charge is -2.09. The van der Waals surface area contributed by atoms with E-state index in [1.165, 1.54) is 0 Å². The zero-order chi connectivity index (χ0) is 10.8. The zero-order valence-corrected chi connectivity index (χ0v) is 6.93. The van der Waals surface area contributed by atoms with E-state index < -0.39 is 25.0 Å². The maximum Gasteiger partial charge on any atom is 0.356 e. The van der Waals surface area contributed by atoms with Crippen molar-refractivity contribution in [3.8, 4) is 0 Å². The quantitative estimate of drug-likeness (QED) is 0.782. The van der Waals surface area contributed by atoms with E-state index in [0.717, 1.165) is 6.07 Å². The van der Waals surface area contributed by atoms with Gasteiger partial charge in [-0.3, -0.25) is 5.10 Å². The predicted molar refractivity (Wildman–Crippen MR) is 40.2 cm³/mol. The number of nitrogens with one attached hydrogen (secondary N) is 1. The average molecular weight is 208 g/mol. The number of rotatable bonds is 4. The second kappa shape index (κ2) is 3.69. The molecule has 1 aromatic rings. The number of hydrogen-bond donors (Lipinski definition) is 2. The van der Waals surface area contributed by atoms with Crippen molar-refractivity contribution in [2.75, 3.05) is 6.67 Å². The number of aromatic nitrogens is 2. The van der Waals surface area contributed by atoms with Crippen LogP contribution in [-0.4, -0.2) is 33.9 Å². The van der Waals surface area contributed by atoms with Gasteiger partial charge in [-0.2, -0.15) is 5.10 Å². The van der Waals surface area contributed by atoms with Gasteiger partial charge < -0.3 is 5.11 Å². The largest absolute Gasteiger partial charge is 0.476 e. The van der Waals surface area contributed by atoms with Crippen LogP contribution in [0.2, 0.25) is 0 Å². The molecule has 0 aliphatic rings. The van der Waals surface area contributed by atoms with Crippen molar-refractivity contribution in [1.29, 1.82) is 0 Å². The van der Waals surface area contributed by atoms with Crippen molar-refractivity contribution < 1.29 is 23.1 Å². The third-order valence-corrected chi connectivity index (χ3v) is 1.49. The van der Waals surface area contributed by atoms with E-state index >= 15 is 0 Å². The summed E-state index contributed by atoms with van der Waals surface area (Å²) in [5.74, 6) is -4.81. The Labute approximate surface area is 76.7 Å². The molecule has 0 spiro atoms. The Kier molecular flexibility index (Phi) is 2.78. The van der Waals surface area contributed by atoms with E-state index in [9.17, 15) is 18.0 Å². The predicted octanol–water partition coefficient (Wildman–Crippen LogP) is 1.26. The Morgan fingerprint density at radius 1 is 1.64 bits per heavy atom. The summed E-state index contributed by atoms with van der Waals surface area (Å²) < 4.78 is 36.7. The fourth-order valence-electron chi connectivity index (χ4n) is 0.888. The highest BCUT2D eigenvalue weighted by Gasteiger charge is 2.30. The molecule has 0 aliphatic heterocycles. The minimum absolute atomic E-state index is 0.106. The Morgan fingerprint density at radius 2 is 2.29 bits per heavy atom. The molecule has 0 radical (unpaired) electrons. The van der Waals surface area contributed by atoms with Gasteiger partial charge in [0.25, 0.3) is 5.92 Å². The summed E-state index contributed by atoms with van der Waals surface area (Å²) in [6.07, 6.45) is -0.885. The second-order valence-electron chi connectivity index (χ2n) is 2.75. The normalized spacial score (nSPS) is 11.6. The topological polar surface area (TPSA) is 66.0 Å². The number of carbonyl (C=O) groups is 1. The molecule has 0 amide bonds. The first kappa shape index (κ1) is 10.6. The summed E-state index contributed by atoms with van der Waals surface area (Å²) in [6.45, 7) is -1.78. The lowest BCUT2D eigenvalue weighted by Crippen LogP contribution is -2.22. The van der Waals surface area contributed by atoms with Crippen molar-refractivity contribution in [3.05, 3.63) is 17.5 Å². The Balaban J connectivity index is 2.73. The Bertz CT molecular complexity index is 337. The molecule has 0 atom stereocenters. The van der Waals surface area contributed by atoms with Gasteiger partial charge in [-0.05, 0) is 6.07 Å². The number of aromatic carboxylic acids is 1. The maximum absolute atomic E-state index is 12.5. The maximum atomic E-state index is 12.5. The van der Waals surface area contributed by atoms with Gasteiger partial charge in [0.2, 0.25) is 0 Å². The fourth-order valence-corrected chi connectivity index (χ4v) is 0.888. The van der Waals surface area contributed by atoms with Crippen LogP contribution >= 0.6 is 0 Å². The van der Waals surface area contributed by atoms with E-state index in [2.05, 4.69) is 10.2 Å². The van der Waals surface area contributed by atoms with Crippen LogP contribution in [0, 0.1) is 0 Å². The van der Waals surface area contributed by atoms with Crippen molar-refractivity contribution in [2.45, 2.75) is 12.3 Å². The molecule has 0 unspecified atom stereocenters. The number of carboxylic acids is 1. The van der Waals surface area contributed by atoms with E-state index in [0.29, 0.717) is 0 Å². The summed E-state index contributed by atoms with van der Waals surface area (Å²) in [5.41, 5.74) is -0.472. The fraction of sp³-hybridized carbons (Fsp3) is 0.429. The summed E-state index contributed by atoms with van der Waals surface area (Å²) in [6, 6.07) is 0.950. The van der Waals surface area contributed by atoms with Crippen LogP contribution in [-0.2, 0) is 6.42 Å². The first-order chi connectivity index (χ1) is 6.44. The van der Waals surface area contributed by atoms with Gasteiger partial charge >= 0.3 is 5.97 Å². The van der Waals surface area contributed by atoms with Crippen LogP contribution in [0.4, 0.5) is 13.2 Å². The third kappa shape index (κ3) is 2.48. The molecule has 1 aromatic heterocycles. The monoisotopic (exact) mass is 208 g/mol. The molecule has 0 aliphatic carbocycles. The van der Waals surface area contributed by atoms with E-state index in [1.807, 2.05) is 0 Å². The summed E-state index contributed by atoms with van der Waals surface area (Å²) in [5, 5.41) is 13.8. The molecule has 1 rings (SSSR count). The lowest BCUT2D eigenvalue weighted by atomic mass is 10.2. The molecule has 14 heavy (non-hydrogen) atoms. The number of H-pyrrole nitrogens is 1. The highest BCUT2D eigenvalue weighted by atomic mass is 19.3. The number of aromatic amines is 1. The highest BCUT2D eigenvalue weighted by Crippen LogP contribution is 2.19. The van der Waals surface area contributed by atoms with Gasteiger partial charge in [-0.1, -0.05) is 0 Å². The molecule has 0 aromatic carbocycles. The molecule has 7 heteroatoms. The van der Waals surface area contributed by atoms with Gasteiger partial charge in [0.1, 0.15) is 0 Å². The first-order valence-corrected chi connectivity index (χ1v) is 3.66. The van der Waals surface area contributed by atoms with Gasteiger partial charge in [0, 0.05) is 5.69 Å². The summed E-state index contributed by atoms with van der Waals surface area (Å²) >= 11 is 0. The number of hydrogen-bond acceptors (Lipinski definition) is 2.